The van der Waals surface area contributed by atoms with E-state index in [2.05, 4.69) is 10.1 Å². The van der Waals surface area contributed by atoms with Gasteiger partial charge in [0.25, 0.3) is 0 Å². The first-order valence-corrected chi connectivity index (χ1v) is 6.57. The number of oxime groups is 1. The van der Waals surface area contributed by atoms with E-state index in [1.807, 2.05) is 6.92 Å². The Bertz CT molecular complexity index is 463. The fourth-order valence-corrected chi connectivity index (χ4v) is 2.39. The van der Waals surface area contributed by atoms with Crippen molar-refractivity contribution in [2.45, 2.75) is 31.0 Å². The standard InChI is InChI=1S/C11H14F3N3OS/c1-2-3-6-19-10-7(9(15)17-18)4-5-8(16-10)11(12,13)14/h4-5,18H,2-3,6H2,1H3,(H2,15,17). The van der Waals surface area contributed by atoms with Gasteiger partial charge in [-0.05, 0) is 24.3 Å². The number of amidine groups is 1. The molecule has 0 saturated heterocycles. The number of rotatable bonds is 5. The second-order valence-electron chi connectivity index (χ2n) is 3.73. The van der Waals surface area contributed by atoms with Crippen LogP contribution in [0.1, 0.15) is 31.0 Å². The number of alkyl halides is 3. The van der Waals surface area contributed by atoms with Crippen LogP contribution < -0.4 is 5.73 Å². The second-order valence-corrected chi connectivity index (χ2v) is 4.82. The smallest absolute Gasteiger partial charge is 0.409 e. The molecule has 0 aliphatic rings. The summed E-state index contributed by atoms with van der Waals surface area (Å²) < 4.78 is 37.8. The molecule has 0 atom stereocenters. The number of pyridine rings is 1. The van der Waals surface area contributed by atoms with Gasteiger partial charge in [-0.2, -0.15) is 13.2 Å². The molecule has 0 spiro atoms. The normalized spacial score (nSPS) is 12.7. The molecule has 1 rings (SSSR count). The topological polar surface area (TPSA) is 71.5 Å². The number of aromatic nitrogens is 1. The number of unbranched alkanes of at least 4 members (excludes halogenated alkanes) is 1. The van der Waals surface area contributed by atoms with Crippen molar-refractivity contribution < 1.29 is 18.4 Å². The van der Waals surface area contributed by atoms with E-state index >= 15 is 0 Å². The number of thioether (sulfide) groups is 1. The van der Waals surface area contributed by atoms with Gasteiger partial charge in [0.05, 0.1) is 5.56 Å². The summed E-state index contributed by atoms with van der Waals surface area (Å²) in [6, 6.07) is 1.98. The van der Waals surface area contributed by atoms with Crippen LogP contribution in [0.2, 0.25) is 0 Å². The zero-order valence-corrected chi connectivity index (χ0v) is 11.1. The van der Waals surface area contributed by atoms with Gasteiger partial charge in [0.15, 0.2) is 5.84 Å². The molecule has 4 nitrogen and oxygen atoms in total. The predicted octanol–water partition coefficient (Wildman–Crippen LogP) is 3.09. The lowest BCUT2D eigenvalue weighted by Crippen LogP contribution is -2.17. The molecular weight excluding hydrogens is 279 g/mol. The molecule has 8 heteroatoms. The molecule has 106 valence electrons. The Labute approximate surface area is 112 Å². The zero-order valence-electron chi connectivity index (χ0n) is 10.2. The third kappa shape index (κ3) is 4.30. The lowest BCUT2D eigenvalue weighted by molar-refractivity contribution is -0.141. The number of nitrogens with zero attached hydrogens (tertiary/aromatic N) is 2. The highest BCUT2D eigenvalue weighted by molar-refractivity contribution is 7.99. The van der Waals surface area contributed by atoms with Crippen LogP contribution >= 0.6 is 11.8 Å². The summed E-state index contributed by atoms with van der Waals surface area (Å²) in [6.07, 6.45) is -2.74. The first kappa shape index (κ1) is 15.6. The number of nitrogens with two attached hydrogens (primary N) is 1. The van der Waals surface area contributed by atoms with E-state index in [4.69, 9.17) is 10.9 Å². The minimum absolute atomic E-state index is 0.124. The fourth-order valence-electron chi connectivity index (χ4n) is 1.27. The molecule has 0 saturated carbocycles. The van der Waals surface area contributed by atoms with E-state index in [9.17, 15) is 13.2 Å². The minimum atomic E-state index is -4.51. The van der Waals surface area contributed by atoms with Gasteiger partial charge in [0.2, 0.25) is 0 Å². The van der Waals surface area contributed by atoms with Crippen molar-refractivity contribution in [2.24, 2.45) is 10.9 Å². The number of hydrogen-bond acceptors (Lipinski definition) is 4. The van der Waals surface area contributed by atoms with Crippen molar-refractivity contribution in [1.29, 1.82) is 0 Å². The Morgan fingerprint density at radius 1 is 1.47 bits per heavy atom. The monoisotopic (exact) mass is 293 g/mol. The van der Waals surface area contributed by atoms with Gasteiger partial charge in [-0.15, -0.1) is 11.8 Å². The van der Waals surface area contributed by atoms with Crippen LogP contribution in [0.5, 0.6) is 0 Å². The maximum atomic E-state index is 12.6. The largest absolute Gasteiger partial charge is 0.433 e. The maximum absolute atomic E-state index is 12.6. The van der Waals surface area contributed by atoms with E-state index in [1.165, 1.54) is 6.07 Å². The molecule has 0 aliphatic carbocycles. The van der Waals surface area contributed by atoms with Crippen molar-refractivity contribution >= 4 is 17.6 Å². The molecule has 19 heavy (non-hydrogen) atoms. The predicted molar refractivity (Wildman–Crippen MR) is 67.4 cm³/mol. The van der Waals surface area contributed by atoms with Crippen molar-refractivity contribution in [3.05, 3.63) is 23.4 Å². The van der Waals surface area contributed by atoms with Crippen molar-refractivity contribution in [2.75, 3.05) is 5.75 Å². The average molecular weight is 293 g/mol. The SMILES string of the molecule is CCCCSc1nc(C(F)(F)F)ccc1C(N)=NO. The molecule has 0 fully saturated rings. The van der Waals surface area contributed by atoms with Crippen LogP contribution in [-0.2, 0) is 6.18 Å². The highest BCUT2D eigenvalue weighted by Gasteiger charge is 2.33. The fraction of sp³-hybridized carbons (Fsp3) is 0.455. The Morgan fingerprint density at radius 3 is 2.68 bits per heavy atom. The van der Waals surface area contributed by atoms with Crippen LogP contribution in [0.25, 0.3) is 0 Å². The van der Waals surface area contributed by atoms with Crippen molar-refractivity contribution in [3.8, 4) is 0 Å². The molecule has 0 bridgehead atoms. The van der Waals surface area contributed by atoms with E-state index in [0.717, 1.165) is 30.7 Å². The summed E-state index contributed by atoms with van der Waals surface area (Å²) in [5, 5.41) is 11.5. The highest BCUT2D eigenvalue weighted by Crippen LogP contribution is 2.31. The molecule has 3 N–H and O–H groups in total. The van der Waals surface area contributed by atoms with Crippen LogP contribution in [0.4, 0.5) is 13.2 Å². The molecule has 0 radical (unpaired) electrons. The average Bonchev–Trinajstić information content (AvgIpc) is 2.37. The summed E-state index contributed by atoms with van der Waals surface area (Å²) in [5.41, 5.74) is 4.64. The third-order valence-corrected chi connectivity index (χ3v) is 3.35. The number of halogens is 3. The highest BCUT2D eigenvalue weighted by atomic mass is 32.2. The van der Waals surface area contributed by atoms with Gasteiger partial charge in [0, 0.05) is 0 Å². The minimum Gasteiger partial charge on any atom is -0.409 e. The van der Waals surface area contributed by atoms with E-state index in [-0.39, 0.29) is 16.4 Å². The van der Waals surface area contributed by atoms with Crippen LogP contribution in [-0.4, -0.2) is 21.8 Å². The van der Waals surface area contributed by atoms with E-state index < -0.39 is 11.9 Å². The van der Waals surface area contributed by atoms with Gasteiger partial charge in [-0.25, -0.2) is 4.98 Å². The zero-order chi connectivity index (χ0) is 14.5. The second kappa shape index (κ2) is 6.65. The van der Waals surface area contributed by atoms with Gasteiger partial charge in [-0.3, -0.25) is 0 Å². The van der Waals surface area contributed by atoms with E-state index in [1.54, 1.807) is 0 Å². The first-order chi connectivity index (χ1) is 8.90. The maximum Gasteiger partial charge on any atom is 0.433 e. The lowest BCUT2D eigenvalue weighted by Gasteiger charge is -2.11. The Kier molecular flexibility index (Phi) is 5.46. The summed E-state index contributed by atoms with van der Waals surface area (Å²) in [6.45, 7) is 1.98. The van der Waals surface area contributed by atoms with E-state index in [0.29, 0.717) is 5.75 Å². The Morgan fingerprint density at radius 2 is 2.16 bits per heavy atom. The molecule has 0 amide bonds. The molecule has 0 aliphatic heterocycles. The third-order valence-electron chi connectivity index (χ3n) is 2.27. The summed E-state index contributed by atoms with van der Waals surface area (Å²) in [4.78, 5) is 3.55. The summed E-state index contributed by atoms with van der Waals surface area (Å²) in [5.74, 6) is 0.372. The molecule has 0 aromatic carbocycles. The molecule has 1 heterocycles. The number of hydrogen-bond donors (Lipinski definition) is 2. The van der Waals surface area contributed by atoms with Gasteiger partial charge in [0.1, 0.15) is 10.7 Å². The van der Waals surface area contributed by atoms with Gasteiger partial charge < -0.3 is 10.9 Å². The first-order valence-electron chi connectivity index (χ1n) is 5.59. The molecular formula is C11H14F3N3OS. The quantitative estimate of drug-likeness (QED) is 0.218. The van der Waals surface area contributed by atoms with Crippen LogP contribution in [0.3, 0.4) is 0 Å². The van der Waals surface area contributed by atoms with Crippen LogP contribution in [0.15, 0.2) is 22.3 Å². The summed E-state index contributed by atoms with van der Waals surface area (Å²) >= 11 is 1.16. The van der Waals surface area contributed by atoms with Crippen molar-refractivity contribution in [1.82, 2.24) is 4.98 Å². The molecule has 1 aromatic heterocycles. The lowest BCUT2D eigenvalue weighted by atomic mass is 10.2. The van der Waals surface area contributed by atoms with Crippen molar-refractivity contribution in [3.63, 3.8) is 0 Å². The Hall–Kier alpha value is -1.44. The van der Waals surface area contributed by atoms with Gasteiger partial charge >= 0.3 is 6.18 Å². The van der Waals surface area contributed by atoms with Crippen LogP contribution in [0, 0.1) is 0 Å². The molecule has 0 unspecified atom stereocenters. The summed E-state index contributed by atoms with van der Waals surface area (Å²) in [7, 11) is 0. The van der Waals surface area contributed by atoms with Gasteiger partial charge in [-0.1, -0.05) is 18.5 Å². The molecule has 1 aromatic rings. The Balaban J connectivity index is 3.11.